The summed E-state index contributed by atoms with van der Waals surface area (Å²) in [5.41, 5.74) is 4.91. The van der Waals surface area contributed by atoms with Crippen molar-refractivity contribution in [3.05, 3.63) is 34.9 Å². The molecule has 16 heavy (non-hydrogen) atoms. The third kappa shape index (κ3) is 2.01. The minimum Gasteiger partial charge on any atom is -0.290 e. The normalized spacial score (nSPS) is 16.9. The van der Waals surface area contributed by atoms with E-state index in [0.29, 0.717) is 5.92 Å². The first-order valence-corrected chi connectivity index (χ1v) is 6.25. The van der Waals surface area contributed by atoms with Crippen molar-refractivity contribution >= 4 is 0 Å². The summed E-state index contributed by atoms with van der Waals surface area (Å²) in [7, 11) is 0. The SMILES string of the molecule is CC(C)c1cccc2c1CN(C(C)(C)C)C2. The van der Waals surface area contributed by atoms with E-state index in [1.807, 2.05) is 0 Å². The molecule has 2 rings (SSSR count). The second-order valence-corrected chi connectivity index (χ2v) is 6.17. The first kappa shape index (κ1) is 11.7. The largest absolute Gasteiger partial charge is 0.290 e. The van der Waals surface area contributed by atoms with Gasteiger partial charge in [-0.05, 0) is 43.4 Å². The lowest BCUT2D eigenvalue weighted by Gasteiger charge is -2.31. The molecule has 0 saturated carbocycles. The van der Waals surface area contributed by atoms with E-state index in [1.54, 1.807) is 5.56 Å². The van der Waals surface area contributed by atoms with Gasteiger partial charge >= 0.3 is 0 Å². The van der Waals surface area contributed by atoms with Crippen molar-refractivity contribution in [3.63, 3.8) is 0 Å². The Bertz CT molecular complexity index is 385. The molecule has 0 radical (unpaired) electrons. The van der Waals surface area contributed by atoms with Crippen LogP contribution in [0.1, 0.15) is 57.2 Å². The van der Waals surface area contributed by atoms with Crippen LogP contribution >= 0.6 is 0 Å². The molecule has 0 bridgehead atoms. The smallest absolute Gasteiger partial charge is 0.0248 e. The molecule has 1 heteroatoms. The molecule has 0 N–H and O–H groups in total. The zero-order chi connectivity index (χ0) is 11.9. The lowest BCUT2D eigenvalue weighted by atomic mass is 9.95. The topological polar surface area (TPSA) is 3.24 Å². The van der Waals surface area contributed by atoms with E-state index in [4.69, 9.17) is 0 Å². The lowest BCUT2D eigenvalue weighted by Crippen LogP contribution is -2.36. The molecule has 0 atom stereocenters. The molecule has 0 aliphatic carbocycles. The van der Waals surface area contributed by atoms with Crippen molar-refractivity contribution in [2.24, 2.45) is 0 Å². The van der Waals surface area contributed by atoms with Crippen molar-refractivity contribution in [1.82, 2.24) is 4.90 Å². The van der Waals surface area contributed by atoms with Gasteiger partial charge in [0.2, 0.25) is 0 Å². The predicted octanol–water partition coefficient (Wildman–Crippen LogP) is 3.92. The molecule has 1 aliphatic heterocycles. The maximum absolute atomic E-state index is 2.56. The minimum atomic E-state index is 0.271. The number of benzene rings is 1. The molecule has 88 valence electrons. The standard InChI is InChI=1S/C15H23N/c1-11(2)13-8-6-7-12-9-16(10-14(12)13)15(3,4)5/h6-8,11H,9-10H2,1-5H3. The number of nitrogens with zero attached hydrogens (tertiary/aromatic N) is 1. The highest BCUT2D eigenvalue weighted by Gasteiger charge is 2.29. The van der Waals surface area contributed by atoms with Crippen molar-refractivity contribution < 1.29 is 0 Å². The fourth-order valence-corrected chi connectivity index (χ4v) is 2.46. The fourth-order valence-electron chi connectivity index (χ4n) is 2.46. The average Bonchev–Trinajstić information content (AvgIpc) is 2.59. The van der Waals surface area contributed by atoms with Gasteiger partial charge in [-0.2, -0.15) is 0 Å². The van der Waals surface area contributed by atoms with Crippen LogP contribution in [0.2, 0.25) is 0 Å². The van der Waals surface area contributed by atoms with Crippen molar-refractivity contribution in [2.45, 2.75) is 59.2 Å². The zero-order valence-corrected chi connectivity index (χ0v) is 11.2. The number of rotatable bonds is 1. The lowest BCUT2D eigenvalue weighted by molar-refractivity contribution is 0.136. The van der Waals surface area contributed by atoms with Crippen LogP contribution in [0.3, 0.4) is 0 Å². The van der Waals surface area contributed by atoms with Gasteiger partial charge in [-0.1, -0.05) is 32.0 Å². The maximum atomic E-state index is 2.56. The third-order valence-corrected chi connectivity index (χ3v) is 3.59. The van der Waals surface area contributed by atoms with E-state index in [-0.39, 0.29) is 5.54 Å². The summed E-state index contributed by atoms with van der Waals surface area (Å²) in [6.07, 6.45) is 0. The Labute approximate surface area is 99.5 Å². The van der Waals surface area contributed by atoms with Crippen LogP contribution in [-0.4, -0.2) is 10.4 Å². The van der Waals surface area contributed by atoms with Gasteiger partial charge in [0.25, 0.3) is 0 Å². The van der Waals surface area contributed by atoms with E-state index in [9.17, 15) is 0 Å². The van der Waals surface area contributed by atoms with E-state index in [0.717, 1.165) is 13.1 Å². The number of hydrogen-bond donors (Lipinski definition) is 0. The first-order chi connectivity index (χ1) is 7.39. The second kappa shape index (κ2) is 3.89. The Morgan fingerprint density at radius 1 is 1.12 bits per heavy atom. The molecular weight excluding hydrogens is 194 g/mol. The van der Waals surface area contributed by atoms with Crippen molar-refractivity contribution in [1.29, 1.82) is 0 Å². The van der Waals surface area contributed by atoms with Gasteiger partial charge < -0.3 is 0 Å². The average molecular weight is 217 g/mol. The summed E-state index contributed by atoms with van der Waals surface area (Å²) in [6, 6.07) is 6.78. The number of hydrogen-bond acceptors (Lipinski definition) is 1. The maximum Gasteiger partial charge on any atom is 0.0248 e. The van der Waals surface area contributed by atoms with Gasteiger partial charge in [0.05, 0.1) is 0 Å². The van der Waals surface area contributed by atoms with E-state index < -0.39 is 0 Å². The number of fused-ring (bicyclic) bond motifs is 1. The molecule has 1 aromatic carbocycles. The van der Waals surface area contributed by atoms with Gasteiger partial charge in [-0.3, -0.25) is 4.90 Å². The quantitative estimate of drug-likeness (QED) is 0.689. The van der Waals surface area contributed by atoms with Crippen LogP contribution in [0.25, 0.3) is 0 Å². The summed E-state index contributed by atoms with van der Waals surface area (Å²) in [6.45, 7) is 13.7. The van der Waals surface area contributed by atoms with Crippen LogP contribution in [0, 0.1) is 0 Å². The van der Waals surface area contributed by atoms with Gasteiger partial charge in [0, 0.05) is 18.6 Å². The van der Waals surface area contributed by atoms with Crippen LogP contribution < -0.4 is 0 Å². The Morgan fingerprint density at radius 3 is 2.38 bits per heavy atom. The molecule has 1 aliphatic rings. The first-order valence-electron chi connectivity index (χ1n) is 6.25. The molecule has 0 fully saturated rings. The summed E-state index contributed by atoms with van der Waals surface area (Å²) in [5, 5.41) is 0. The summed E-state index contributed by atoms with van der Waals surface area (Å²) < 4.78 is 0. The summed E-state index contributed by atoms with van der Waals surface area (Å²) >= 11 is 0. The fraction of sp³-hybridized carbons (Fsp3) is 0.600. The van der Waals surface area contributed by atoms with E-state index in [2.05, 4.69) is 57.7 Å². The van der Waals surface area contributed by atoms with Crippen molar-refractivity contribution in [2.75, 3.05) is 0 Å². The highest BCUT2D eigenvalue weighted by atomic mass is 15.2. The summed E-state index contributed by atoms with van der Waals surface area (Å²) in [5.74, 6) is 0.634. The molecule has 0 amide bonds. The second-order valence-electron chi connectivity index (χ2n) is 6.17. The van der Waals surface area contributed by atoms with Gasteiger partial charge in [-0.15, -0.1) is 0 Å². The van der Waals surface area contributed by atoms with Crippen LogP contribution in [0.5, 0.6) is 0 Å². The predicted molar refractivity (Wildman–Crippen MR) is 69.5 cm³/mol. The summed E-state index contributed by atoms with van der Waals surface area (Å²) in [4.78, 5) is 2.56. The third-order valence-electron chi connectivity index (χ3n) is 3.59. The minimum absolute atomic E-state index is 0.271. The highest BCUT2D eigenvalue weighted by molar-refractivity contribution is 5.39. The Hall–Kier alpha value is -0.820. The molecule has 0 unspecified atom stereocenters. The van der Waals surface area contributed by atoms with Gasteiger partial charge in [0.15, 0.2) is 0 Å². The molecule has 1 aromatic rings. The van der Waals surface area contributed by atoms with Crippen LogP contribution in [-0.2, 0) is 13.1 Å². The van der Waals surface area contributed by atoms with Crippen molar-refractivity contribution in [3.8, 4) is 0 Å². The van der Waals surface area contributed by atoms with E-state index >= 15 is 0 Å². The molecule has 1 heterocycles. The van der Waals surface area contributed by atoms with Crippen LogP contribution in [0.4, 0.5) is 0 Å². The van der Waals surface area contributed by atoms with Gasteiger partial charge in [-0.25, -0.2) is 0 Å². The molecule has 1 nitrogen and oxygen atoms in total. The molecule has 0 aromatic heterocycles. The Kier molecular flexibility index (Phi) is 2.83. The molecule has 0 spiro atoms. The highest BCUT2D eigenvalue weighted by Crippen LogP contribution is 2.33. The zero-order valence-electron chi connectivity index (χ0n) is 11.2. The Balaban J connectivity index is 2.34. The van der Waals surface area contributed by atoms with Gasteiger partial charge in [0.1, 0.15) is 0 Å². The molecule has 0 saturated heterocycles. The van der Waals surface area contributed by atoms with Crippen LogP contribution in [0.15, 0.2) is 18.2 Å². The Morgan fingerprint density at radius 2 is 1.81 bits per heavy atom. The molecular formula is C15H23N. The van der Waals surface area contributed by atoms with E-state index in [1.165, 1.54) is 11.1 Å². The monoisotopic (exact) mass is 217 g/mol.